The topological polar surface area (TPSA) is 38.0 Å². The molecule has 0 saturated heterocycles. The molecule has 0 atom stereocenters. The first-order valence-corrected chi connectivity index (χ1v) is 4.28. The van der Waals surface area contributed by atoms with E-state index >= 15 is 0 Å². The van der Waals surface area contributed by atoms with Crippen LogP contribution in [0.5, 0.6) is 0 Å². The molecule has 1 aromatic carbocycles. The molecule has 0 N–H and O–H groups in total. The first-order chi connectivity index (χ1) is 7.61. The first-order valence-electron chi connectivity index (χ1n) is 4.28. The second-order valence-corrected chi connectivity index (χ2v) is 3.01. The molecular weight excluding hydrogens is 221 g/mol. The minimum absolute atomic E-state index is 0.0788. The van der Waals surface area contributed by atoms with Crippen molar-refractivity contribution in [3.05, 3.63) is 35.8 Å². The number of hydrogen-bond donors (Lipinski definition) is 0. The van der Waals surface area contributed by atoms with E-state index in [4.69, 9.17) is 5.26 Å². The van der Waals surface area contributed by atoms with E-state index in [1.54, 1.807) is 6.07 Å². The average Bonchev–Trinajstić information content (AvgIpc) is 2.55. The van der Waals surface area contributed by atoms with Gasteiger partial charge in [0.25, 0.3) is 0 Å². The van der Waals surface area contributed by atoms with Crippen molar-refractivity contribution in [2.45, 2.75) is 6.61 Å². The Morgan fingerprint density at radius 1 is 1.38 bits per heavy atom. The highest BCUT2D eigenvalue weighted by Gasteiger charge is 2.12. The van der Waals surface area contributed by atoms with Crippen LogP contribution in [0.3, 0.4) is 0 Å². The van der Waals surface area contributed by atoms with Crippen LogP contribution in [0.1, 0.15) is 5.56 Å². The van der Waals surface area contributed by atoms with Crippen molar-refractivity contribution in [2.24, 2.45) is 0 Å². The third-order valence-corrected chi connectivity index (χ3v) is 2.05. The Morgan fingerprint density at radius 3 is 2.75 bits per heavy atom. The van der Waals surface area contributed by atoms with Crippen molar-refractivity contribution in [2.75, 3.05) is 0 Å². The summed E-state index contributed by atoms with van der Waals surface area (Å²) in [7, 11) is 0. The Hall–Kier alpha value is -2.16. The summed E-state index contributed by atoms with van der Waals surface area (Å²) in [5.74, 6) is -0.543. The number of halogens is 3. The van der Waals surface area contributed by atoms with E-state index in [1.807, 2.05) is 0 Å². The summed E-state index contributed by atoms with van der Waals surface area (Å²) in [6.45, 7) is -3.01. The SMILES string of the molecule is N#Cc1cn(OC(F)F)c2ccc(F)cc12. The fraction of sp³-hybridized carbons (Fsp3) is 0.100. The highest BCUT2D eigenvalue weighted by atomic mass is 19.3. The summed E-state index contributed by atoms with van der Waals surface area (Å²) in [6.07, 6.45) is 1.09. The predicted molar refractivity (Wildman–Crippen MR) is 49.2 cm³/mol. The summed E-state index contributed by atoms with van der Waals surface area (Å²) in [6, 6.07) is 5.25. The van der Waals surface area contributed by atoms with Crippen LogP contribution < -0.4 is 4.84 Å². The molecule has 0 aliphatic heterocycles. The van der Waals surface area contributed by atoms with Gasteiger partial charge in [0.1, 0.15) is 11.9 Å². The standard InChI is InChI=1S/C10H5F3N2O/c11-7-1-2-9-8(3-7)6(4-14)5-15(9)16-10(12)13/h1-3,5,10H. The highest BCUT2D eigenvalue weighted by Crippen LogP contribution is 2.21. The van der Waals surface area contributed by atoms with Gasteiger partial charge in [-0.15, -0.1) is 0 Å². The quantitative estimate of drug-likeness (QED) is 0.787. The van der Waals surface area contributed by atoms with Gasteiger partial charge >= 0.3 is 6.61 Å². The second-order valence-electron chi connectivity index (χ2n) is 3.01. The van der Waals surface area contributed by atoms with Crippen LogP contribution in [0.4, 0.5) is 13.2 Å². The molecule has 0 unspecified atom stereocenters. The van der Waals surface area contributed by atoms with Gasteiger partial charge < -0.3 is 4.84 Å². The van der Waals surface area contributed by atoms with Gasteiger partial charge in [-0.25, -0.2) is 4.39 Å². The van der Waals surface area contributed by atoms with Crippen LogP contribution in [-0.2, 0) is 0 Å². The molecule has 0 radical (unpaired) electrons. The Balaban J connectivity index is 2.64. The lowest BCUT2D eigenvalue weighted by Gasteiger charge is -2.05. The molecule has 2 aromatic rings. The van der Waals surface area contributed by atoms with Crippen LogP contribution in [0.2, 0.25) is 0 Å². The normalized spacial score (nSPS) is 10.7. The molecule has 2 rings (SSSR count). The van der Waals surface area contributed by atoms with Gasteiger partial charge in [-0.3, -0.25) is 0 Å². The second kappa shape index (κ2) is 3.77. The lowest BCUT2D eigenvalue weighted by molar-refractivity contribution is -0.128. The smallest absolute Gasteiger partial charge is 0.344 e. The Kier molecular flexibility index (Phi) is 2.44. The molecule has 0 saturated carbocycles. The Bertz CT molecular complexity index is 571. The van der Waals surface area contributed by atoms with E-state index in [0.717, 1.165) is 23.1 Å². The van der Waals surface area contributed by atoms with Crippen LogP contribution in [0.15, 0.2) is 24.4 Å². The number of nitrogens with zero attached hydrogens (tertiary/aromatic N) is 2. The van der Waals surface area contributed by atoms with E-state index < -0.39 is 12.4 Å². The first kappa shape index (κ1) is 10.4. The van der Waals surface area contributed by atoms with Crippen molar-refractivity contribution in [1.82, 2.24) is 4.73 Å². The molecule has 0 amide bonds. The third-order valence-electron chi connectivity index (χ3n) is 2.05. The largest absolute Gasteiger partial charge is 0.405 e. The van der Waals surface area contributed by atoms with Crippen molar-refractivity contribution in [1.29, 1.82) is 5.26 Å². The molecule has 0 aliphatic rings. The van der Waals surface area contributed by atoms with Crippen LogP contribution in [0, 0.1) is 17.1 Å². The van der Waals surface area contributed by atoms with E-state index in [-0.39, 0.29) is 16.5 Å². The van der Waals surface area contributed by atoms with Crippen LogP contribution in [-0.4, -0.2) is 11.3 Å². The third kappa shape index (κ3) is 1.67. The molecule has 16 heavy (non-hydrogen) atoms. The van der Waals surface area contributed by atoms with E-state index in [2.05, 4.69) is 4.84 Å². The Labute approximate surface area is 88.2 Å². The van der Waals surface area contributed by atoms with Crippen molar-refractivity contribution >= 4 is 10.9 Å². The maximum Gasteiger partial charge on any atom is 0.405 e. The molecule has 0 spiro atoms. The van der Waals surface area contributed by atoms with Crippen molar-refractivity contribution in [3.63, 3.8) is 0 Å². The number of fused-ring (bicyclic) bond motifs is 1. The molecule has 1 heterocycles. The number of benzene rings is 1. The van der Waals surface area contributed by atoms with Gasteiger partial charge in [0.05, 0.1) is 17.3 Å². The zero-order chi connectivity index (χ0) is 11.7. The van der Waals surface area contributed by atoms with Gasteiger partial charge in [-0.1, -0.05) is 0 Å². The molecular formula is C10H5F3N2O. The molecule has 1 aromatic heterocycles. The molecule has 3 nitrogen and oxygen atoms in total. The van der Waals surface area contributed by atoms with Gasteiger partial charge in [-0.2, -0.15) is 18.8 Å². The lowest BCUT2D eigenvalue weighted by Crippen LogP contribution is -2.15. The minimum Gasteiger partial charge on any atom is -0.344 e. The fourth-order valence-electron chi connectivity index (χ4n) is 1.43. The molecule has 6 heteroatoms. The number of alkyl halides is 2. The van der Waals surface area contributed by atoms with Crippen LogP contribution in [0.25, 0.3) is 10.9 Å². The monoisotopic (exact) mass is 226 g/mol. The van der Waals surface area contributed by atoms with Gasteiger partial charge in [-0.05, 0) is 18.2 Å². The number of aromatic nitrogens is 1. The summed E-state index contributed by atoms with van der Waals surface area (Å²) >= 11 is 0. The Morgan fingerprint density at radius 2 is 2.12 bits per heavy atom. The predicted octanol–water partition coefficient (Wildman–Crippen LogP) is 2.30. The van der Waals surface area contributed by atoms with E-state index in [0.29, 0.717) is 0 Å². The maximum absolute atomic E-state index is 12.9. The summed E-state index contributed by atoms with van der Waals surface area (Å²) in [4.78, 5) is 4.16. The minimum atomic E-state index is -3.01. The molecule has 0 aliphatic carbocycles. The summed E-state index contributed by atoms with van der Waals surface area (Å²) < 4.78 is 37.8. The zero-order valence-corrected chi connectivity index (χ0v) is 7.82. The number of nitriles is 1. The van der Waals surface area contributed by atoms with E-state index in [1.165, 1.54) is 6.07 Å². The van der Waals surface area contributed by atoms with Crippen LogP contribution >= 0.6 is 0 Å². The molecule has 0 fully saturated rings. The van der Waals surface area contributed by atoms with Crippen molar-refractivity contribution in [3.8, 4) is 6.07 Å². The molecule has 82 valence electrons. The molecule has 0 bridgehead atoms. The zero-order valence-electron chi connectivity index (χ0n) is 7.82. The summed E-state index contributed by atoms with van der Waals surface area (Å²) in [5.41, 5.74) is 0.299. The van der Waals surface area contributed by atoms with Gasteiger partial charge in [0, 0.05) is 5.39 Å². The van der Waals surface area contributed by atoms with Gasteiger partial charge in [0.15, 0.2) is 0 Å². The van der Waals surface area contributed by atoms with Gasteiger partial charge in [0.2, 0.25) is 0 Å². The average molecular weight is 226 g/mol. The number of hydrogen-bond acceptors (Lipinski definition) is 2. The fourth-order valence-corrected chi connectivity index (χ4v) is 1.43. The number of rotatable bonds is 2. The van der Waals surface area contributed by atoms with Crippen molar-refractivity contribution < 1.29 is 18.0 Å². The highest BCUT2D eigenvalue weighted by molar-refractivity contribution is 5.86. The van der Waals surface area contributed by atoms with E-state index in [9.17, 15) is 13.2 Å². The summed E-state index contributed by atoms with van der Waals surface area (Å²) in [5, 5.41) is 8.98. The lowest BCUT2D eigenvalue weighted by atomic mass is 10.2. The maximum atomic E-state index is 12.9.